The van der Waals surface area contributed by atoms with E-state index in [1.807, 2.05) is 51.1 Å². The normalized spacial score (nSPS) is 15.0. The molecule has 0 unspecified atom stereocenters. The summed E-state index contributed by atoms with van der Waals surface area (Å²) in [5.41, 5.74) is 1.56. The van der Waals surface area contributed by atoms with Gasteiger partial charge in [0.1, 0.15) is 11.4 Å². The Bertz CT molecular complexity index is 1250. The number of anilines is 3. The van der Waals surface area contributed by atoms with Crippen molar-refractivity contribution in [3.05, 3.63) is 71.2 Å². The van der Waals surface area contributed by atoms with Crippen LogP contribution in [-0.4, -0.2) is 55.1 Å². The Hall–Kier alpha value is -4.05. The summed E-state index contributed by atoms with van der Waals surface area (Å²) in [5.74, 6) is -0.688. The highest BCUT2D eigenvalue weighted by Crippen LogP contribution is 2.37. The van der Waals surface area contributed by atoms with Crippen LogP contribution >= 0.6 is 0 Å². The summed E-state index contributed by atoms with van der Waals surface area (Å²) in [6.07, 6.45) is 3.57. The summed E-state index contributed by atoms with van der Waals surface area (Å²) in [7, 11) is 0. The minimum atomic E-state index is -1.15. The SMILES string of the molecule is CCCN1C(=O)c2cnc(Nc3cc(N[C@H](CO)c4ccccc4)c(C(=O)O)cn3)nc2C1(C)C. The largest absolute Gasteiger partial charge is 0.478 e. The van der Waals surface area contributed by atoms with E-state index in [2.05, 4.69) is 25.6 Å². The fraction of sp³-hybridized carbons (Fsp3) is 0.320. The number of hydrogen-bond acceptors (Lipinski definition) is 8. The van der Waals surface area contributed by atoms with Crippen molar-refractivity contribution in [2.24, 2.45) is 0 Å². The number of hydrogen-bond donors (Lipinski definition) is 4. The number of rotatable bonds is 9. The number of aliphatic hydroxyl groups excluding tert-OH is 1. The predicted molar refractivity (Wildman–Crippen MR) is 131 cm³/mol. The summed E-state index contributed by atoms with van der Waals surface area (Å²) in [6, 6.07) is 10.3. The molecule has 10 nitrogen and oxygen atoms in total. The number of carboxylic acid groups (broad SMARTS) is 1. The summed E-state index contributed by atoms with van der Waals surface area (Å²) in [5, 5.41) is 25.6. The van der Waals surface area contributed by atoms with Gasteiger partial charge in [0.15, 0.2) is 0 Å². The summed E-state index contributed by atoms with van der Waals surface area (Å²) in [4.78, 5) is 39.4. The van der Waals surface area contributed by atoms with E-state index in [0.29, 0.717) is 23.6 Å². The Balaban J connectivity index is 1.63. The molecule has 0 saturated heterocycles. The molecule has 0 radical (unpaired) electrons. The van der Waals surface area contributed by atoms with Crippen molar-refractivity contribution in [1.82, 2.24) is 19.9 Å². The van der Waals surface area contributed by atoms with Crippen molar-refractivity contribution in [3.63, 3.8) is 0 Å². The molecule has 1 aliphatic heterocycles. The number of nitrogens with zero attached hydrogens (tertiary/aromatic N) is 4. The van der Waals surface area contributed by atoms with Gasteiger partial charge in [-0.2, -0.15) is 0 Å². The lowest BCUT2D eigenvalue weighted by Gasteiger charge is -2.31. The first-order chi connectivity index (χ1) is 16.8. The van der Waals surface area contributed by atoms with Crippen LogP contribution in [0.5, 0.6) is 0 Å². The third-order valence-corrected chi connectivity index (χ3v) is 6.05. The number of aromatic nitrogens is 3. The van der Waals surface area contributed by atoms with Gasteiger partial charge in [0.2, 0.25) is 5.95 Å². The van der Waals surface area contributed by atoms with Gasteiger partial charge < -0.3 is 25.7 Å². The number of nitrogens with one attached hydrogen (secondary N) is 2. The molecule has 1 aliphatic rings. The Morgan fingerprint density at radius 3 is 2.57 bits per heavy atom. The third-order valence-electron chi connectivity index (χ3n) is 6.05. The fourth-order valence-electron chi connectivity index (χ4n) is 4.23. The fourth-order valence-corrected chi connectivity index (χ4v) is 4.23. The molecule has 4 rings (SSSR count). The van der Waals surface area contributed by atoms with Crippen molar-refractivity contribution >= 4 is 29.3 Å². The number of pyridine rings is 1. The molecule has 35 heavy (non-hydrogen) atoms. The first-order valence-electron chi connectivity index (χ1n) is 11.4. The molecule has 3 heterocycles. The number of carbonyl (C=O) groups is 2. The monoisotopic (exact) mass is 476 g/mol. The lowest BCUT2D eigenvalue weighted by Crippen LogP contribution is -2.39. The highest BCUT2D eigenvalue weighted by molar-refractivity contribution is 5.99. The molecule has 1 atom stereocenters. The number of carbonyl (C=O) groups excluding carboxylic acids is 1. The second kappa shape index (κ2) is 9.67. The Labute approximate surface area is 203 Å². The minimum Gasteiger partial charge on any atom is -0.478 e. The number of aliphatic hydroxyl groups is 1. The van der Waals surface area contributed by atoms with Gasteiger partial charge in [0.25, 0.3) is 5.91 Å². The molecule has 1 amide bonds. The first kappa shape index (κ1) is 24.1. The quantitative estimate of drug-likeness (QED) is 0.365. The van der Waals surface area contributed by atoms with E-state index in [4.69, 9.17) is 0 Å². The van der Waals surface area contributed by atoms with Crippen molar-refractivity contribution in [2.75, 3.05) is 23.8 Å². The smallest absolute Gasteiger partial charge is 0.339 e. The van der Waals surface area contributed by atoms with Gasteiger partial charge >= 0.3 is 5.97 Å². The molecule has 4 N–H and O–H groups in total. The van der Waals surface area contributed by atoms with Gasteiger partial charge in [-0.1, -0.05) is 37.3 Å². The molecule has 182 valence electrons. The molecule has 0 bridgehead atoms. The maximum absolute atomic E-state index is 12.8. The number of fused-ring (bicyclic) bond motifs is 1. The second-order valence-electron chi connectivity index (χ2n) is 8.81. The van der Waals surface area contributed by atoms with Crippen LogP contribution in [0.1, 0.15) is 65.2 Å². The van der Waals surface area contributed by atoms with Crippen molar-refractivity contribution in [2.45, 2.75) is 38.8 Å². The van der Waals surface area contributed by atoms with Crippen LogP contribution in [0.3, 0.4) is 0 Å². The third kappa shape index (κ3) is 4.65. The first-order valence-corrected chi connectivity index (χ1v) is 11.4. The van der Waals surface area contributed by atoms with Gasteiger partial charge in [0, 0.05) is 25.0 Å². The maximum atomic E-state index is 12.8. The maximum Gasteiger partial charge on any atom is 0.339 e. The van der Waals surface area contributed by atoms with Gasteiger partial charge in [0.05, 0.1) is 35.1 Å². The van der Waals surface area contributed by atoms with Crippen LogP contribution in [0.15, 0.2) is 48.8 Å². The van der Waals surface area contributed by atoms with E-state index in [1.54, 1.807) is 4.90 Å². The molecule has 0 fully saturated rings. The second-order valence-corrected chi connectivity index (χ2v) is 8.81. The number of amides is 1. The van der Waals surface area contributed by atoms with Crippen LogP contribution in [0.4, 0.5) is 17.5 Å². The predicted octanol–water partition coefficient (Wildman–Crippen LogP) is 3.56. The average molecular weight is 477 g/mol. The number of benzene rings is 1. The van der Waals surface area contributed by atoms with E-state index < -0.39 is 17.6 Å². The Kier molecular flexibility index (Phi) is 6.65. The van der Waals surface area contributed by atoms with Gasteiger partial charge in [-0.3, -0.25) is 4.79 Å². The minimum absolute atomic E-state index is 0.0401. The van der Waals surface area contributed by atoms with Crippen LogP contribution in [-0.2, 0) is 5.54 Å². The molecular formula is C25H28N6O4. The molecule has 0 spiro atoms. The number of carboxylic acids is 1. The van der Waals surface area contributed by atoms with Crippen molar-refractivity contribution in [3.8, 4) is 0 Å². The van der Waals surface area contributed by atoms with E-state index in [0.717, 1.165) is 12.0 Å². The van der Waals surface area contributed by atoms with Crippen LogP contribution < -0.4 is 10.6 Å². The number of aromatic carboxylic acids is 1. The van der Waals surface area contributed by atoms with Crippen molar-refractivity contribution < 1.29 is 19.8 Å². The summed E-state index contributed by atoms with van der Waals surface area (Å²) in [6.45, 7) is 6.29. The standard InChI is InChI=1S/C25H28N6O4/c1-4-10-31-22(33)17-13-27-24(30-21(17)25(31,2)3)29-20-11-18(16(12-26-20)23(34)35)28-19(14-32)15-8-6-5-7-9-15/h5-9,11-13,19,32H,4,10,14H2,1-3H3,(H,34,35)(H2,26,27,28,29,30)/t19-/m1/s1. The van der Waals surface area contributed by atoms with E-state index in [9.17, 15) is 19.8 Å². The van der Waals surface area contributed by atoms with Gasteiger partial charge in [-0.25, -0.2) is 19.7 Å². The molecule has 3 aromatic rings. The van der Waals surface area contributed by atoms with Crippen LogP contribution in [0, 0.1) is 0 Å². The summed E-state index contributed by atoms with van der Waals surface area (Å²) < 4.78 is 0. The Morgan fingerprint density at radius 2 is 1.91 bits per heavy atom. The van der Waals surface area contributed by atoms with Gasteiger partial charge in [-0.15, -0.1) is 0 Å². The van der Waals surface area contributed by atoms with Gasteiger partial charge in [-0.05, 0) is 25.8 Å². The zero-order chi connectivity index (χ0) is 25.2. The molecule has 1 aromatic carbocycles. The van der Waals surface area contributed by atoms with Crippen LogP contribution in [0.25, 0.3) is 0 Å². The average Bonchev–Trinajstić information content (AvgIpc) is 3.03. The molecule has 0 aliphatic carbocycles. The molecular weight excluding hydrogens is 448 g/mol. The Morgan fingerprint density at radius 1 is 1.17 bits per heavy atom. The van der Waals surface area contributed by atoms with E-state index in [-0.39, 0.29) is 29.7 Å². The lowest BCUT2D eigenvalue weighted by atomic mass is 10.0. The van der Waals surface area contributed by atoms with Crippen molar-refractivity contribution in [1.29, 1.82) is 0 Å². The lowest BCUT2D eigenvalue weighted by molar-refractivity contribution is 0.0613. The molecule has 2 aromatic heterocycles. The molecule has 0 saturated carbocycles. The van der Waals surface area contributed by atoms with E-state index in [1.165, 1.54) is 18.5 Å². The van der Waals surface area contributed by atoms with Crippen LogP contribution in [0.2, 0.25) is 0 Å². The highest BCUT2D eigenvalue weighted by atomic mass is 16.4. The highest BCUT2D eigenvalue weighted by Gasteiger charge is 2.44. The zero-order valence-electron chi connectivity index (χ0n) is 19.8. The topological polar surface area (TPSA) is 141 Å². The van der Waals surface area contributed by atoms with E-state index >= 15 is 0 Å². The zero-order valence-corrected chi connectivity index (χ0v) is 19.8. The molecule has 10 heteroatoms. The summed E-state index contributed by atoms with van der Waals surface area (Å²) >= 11 is 0.